The van der Waals surface area contributed by atoms with Crippen molar-refractivity contribution in [2.24, 2.45) is 0 Å². The smallest absolute Gasteiger partial charge is 0.402 e. The summed E-state index contributed by atoms with van der Waals surface area (Å²) in [4.78, 5) is 0. The minimum Gasteiger partial charge on any atom is -0.402 e. The van der Waals surface area contributed by atoms with Gasteiger partial charge in [0.1, 0.15) is 0 Å². The number of hydrogen-bond donors (Lipinski definition) is 0. The first-order chi connectivity index (χ1) is 13.5. The Morgan fingerprint density at radius 3 is 1.41 bits per heavy atom. The molecule has 2 aliphatic rings. The monoisotopic (exact) mass is 392 g/mol. The largest absolute Gasteiger partial charge is 0.494 e. The second kappa shape index (κ2) is 6.98. The molecule has 29 heavy (non-hydrogen) atoms. The van der Waals surface area contributed by atoms with E-state index in [-0.39, 0.29) is 37.1 Å². The van der Waals surface area contributed by atoms with Gasteiger partial charge < -0.3 is 18.6 Å². The van der Waals surface area contributed by atoms with Gasteiger partial charge in [-0.2, -0.15) is 0 Å². The highest BCUT2D eigenvalue weighted by Gasteiger charge is 2.51. The maximum Gasteiger partial charge on any atom is 0.494 e. The first-order valence-corrected chi connectivity index (χ1v) is 10.4. The van der Waals surface area contributed by atoms with E-state index in [9.17, 15) is 0 Å². The molecule has 0 aliphatic carbocycles. The SMILES string of the molecule is CC1OB(c2ccc(-c3ccc(B4OC(C)(C)C(C)(C)O4)cc3)cc2)OC1(C)C. The third kappa shape index (κ3) is 3.79. The van der Waals surface area contributed by atoms with Crippen molar-refractivity contribution < 1.29 is 18.6 Å². The predicted molar refractivity (Wildman–Crippen MR) is 119 cm³/mol. The summed E-state index contributed by atoms with van der Waals surface area (Å²) in [5.41, 5.74) is 3.45. The lowest BCUT2D eigenvalue weighted by Gasteiger charge is -2.32. The molecular weight excluding hydrogens is 362 g/mol. The van der Waals surface area contributed by atoms with Gasteiger partial charge >= 0.3 is 14.2 Å². The molecule has 2 aliphatic heterocycles. The predicted octanol–water partition coefficient (Wildman–Crippen LogP) is 3.56. The lowest BCUT2D eigenvalue weighted by atomic mass is 9.77. The van der Waals surface area contributed by atoms with Gasteiger partial charge in [-0.05, 0) is 70.5 Å². The van der Waals surface area contributed by atoms with Crippen LogP contribution in [0.5, 0.6) is 0 Å². The van der Waals surface area contributed by atoms with Gasteiger partial charge in [-0.3, -0.25) is 0 Å². The van der Waals surface area contributed by atoms with Crippen LogP contribution < -0.4 is 10.9 Å². The fraction of sp³-hybridized carbons (Fsp3) is 0.478. The summed E-state index contributed by atoms with van der Waals surface area (Å²) >= 11 is 0. The molecule has 2 aromatic carbocycles. The highest BCUT2D eigenvalue weighted by molar-refractivity contribution is 6.62. The third-order valence-electron chi connectivity index (χ3n) is 6.67. The Balaban J connectivity index is 1.48. The fourth-order valence-corrected chi connectivity index (χ4v) is 3.54. The molecule has 2 fully saturated rings. The normalized spacial score (nSPS) is 24.9. The molecule has 2 heterocycles. The van der Waals surface area contributed by atoms with Crippen molar-refractivity contribution in [2.45, 2.75) is 71.4 Å². The molecule has 0 aromatic heterocycles. The molecule has 0 amide bonds. The van der Waals surface area contributed by atoms with Crippen LogP contribution in [-0.4, -0.2) is 37.1 Å². The van der Waals surface area contributed by atoms with E-state index in [0.717, 1.165) is 22.1 Å². The summed E-state index contributed by atoms with van der Waals surface area (Å²) in [5, 5.41) is 0. The second-order valence-corrected chi connectivity index (χ2v) is 9.66. The molecule has 2 aromatic rings. The Kier molecular flexibility index (Phi) is 4.98. The van der Waals surface area contributed by atoms with E-state index < -0.39 is 0 Å². The quantitative estimate of drug-likeness (QED) is 0.749. The van der Waals surface area contributed by atoms with Gasteiger partial charge in [0.15, 0.2) is 0 Å². The molecule has 0 N–H and O–H groups in total. The van der Waals surface area contributed by atoms with Crippen LogP contribution in [0.15, 0.2) is 48.5 Å². The van der Waals surface area contributed by atoms with Crippen LogP contribution in [-0.2, 0) is 18.6 Å². The molecule has 0 spiro atoms. The Morgan fingerprint density at radius 1 is 0.621 bits per heavy atom. The summed E-state index contributed by atoms with van der Waals surface area (Å²) in [7, 11) is -0.641. The van der Waals surface area contributed by atoms with Crippen molar-refractivity contribution in [1.82, 2.24) is 0 Å². The maximum atomic E-state index is 6.14. The molecule has 0 saturated carbocycles. The Morgan fingerprint density at radius 2 is 1.03 bits per heavy atom. The van der Waals surface area contributed by atoms with Gasteiger partial charge in [-0.15, -0.1) is 0 Å². The molecule has 4 nitrogen and oxygen atoms in total. The maximum absolute atomic E-state index is 6.14. The van der Waals surface area contributed by atoms with Gasteiger partial charge in [-0.25, -0.2) is 0 Å². The molecule has 2 saturated heterocycles. The van der Waals surface area contributed by atoms with Crippen LogP contribution in [0, 0.1) is 0 Å². The van der Waals surface area contributed by atoms with Crippen molar-refractivity contribution in [1.29, 1.82) is 0 Å². The second-order valence-electron chi connectivity index (χ2n) is 9.66. The highest BCUT2D eigenvalue weighted by atomic mass is 16.7. The van der Waals surface area contributed by atoms with Crippen LogP contribution in [0.1, 0.15) is 48.5 Å². The Labute approximate surface area is 175 Å². The zero-order chi connectivity index (χ0) is 21.0. The van der Waals surface area contributed by atoms with Crippen molar-refractivity contribution in [3.8, 4) is 11.1 Å². The van der Waals surface area contributed by atoms with E-state index in [0.29, 0.717) is 0 Å². The molecule has 152 valence electrons. The summed E-state index contributed by atoms with van der Waals surface area (Å²) in [5.74, 6) is 0. The molecule has 1 unspecified atom stereocenters. The highest BCUT2D eigenvalue weighted by Crippen LogP contribution is 2.36. The molecular formula is C23H30B2O4. The molecule has 1 atom stereocenters. The van der Waals surface area contributed by atoms with E-state index in [1.807, 2.05) is 0 Å². The summed E-state index contributed by atoms with van der Waals surface area (Å²) in [6, 6.07) is 16.8. The van der Waals surface area contributed by atoms with Gasteiger partial charge in [0.25, 0.3) is 0 Å². The van der Waals surface area contributed by atoms with E-state index >= 15 is 0 Å². The minimum absolute atomic E-state index is 0.0645. The van der Waals surface area contributed by atoms with Crippen LogP contribution >= 0.6 is 0 Å². The third-order valence-corrected chi connectivity index (χ3v) is 6.67. The zero-order valence-electron chi connectivity index (χ0n) is 18.5. The molecule has 4 rings (SSSR count). The van der Waals surface area contributed by atoms with Crippen molar-refractivity contribution in [3.05, 3.63) is 48.5 Å². The van der Waals surface area contributed by atoms with Crippen LogP contribution in [0.4, 0.5) is 0 Å². The number of rotatable bonds is 3. The van der Waals surface area contributed by atoms with Gasteiger partial charge in [0, 0.05) is 0 Å². The van der Waals surface area contributed by atoms with Crippen LogP contribution in [0.2, 0.25) is 0 Å². The first-order valence-electron chi connectivity index (χ1n) is 10.4. The average molecular weight is 392 g/mol. The Hall–Kier alpha value is -1.59. The average Bonchev–Trinajstić information content (AvgIpc) is 3.06. The minimum atomic E-state index is -0.335. The van der Waals surface area contributed by atoms with Gasteiger partial charge in [0.2, 0.25) is 0 Å². The van der Waals surface area contributed by atoms with Gasteiger partial charge in [-0.1, -0.05) is 48.5 Å². The molecule has 6 heteroatoms. The molecule has 0 bridgehead atoms. The standard InChI is InChI=1S/C23H30B2O4/c1-16-21(2,3)27-24(26-16)19-12-8-17(9-13-19)18-10-14-20(15-11-18)25-28-22(4,5)23(6,7)29-25/h8-16H,1-7H3. The lowest BCUT2D eigenvalue weighted by molar-refractivity contribution is 0.00578. The van der Waals surface area contributed by atoms with E-state index in [2.05, 4.69) is 97.0 Å². The summed E-state index contributed by atoms with van der Waals surface area (Å²) in [6.07, 6.45) is 0.0645. The van der Waals surface area contributed by atoms with Crippen molar-refractivity contribution in [3.63, 3.8) is 0 Å². The van der Waals surface area contributed by atoms with E-state index in [1.54, 1.807) is 0 Å². The van der Waals surface area contributed by atoms with Gasteiger partial charge in [0.05, 0.1) is 22.9 Å². The Bertz CT molecular complexity index is 859. The summed E-state index contributed by atoms with van der Waals surface area (Å²) < 4.78 is 24.3. The van der Waals surface area contributed by atoms with Crippen molar-refractivity contribution >= 4 is 25.2 Å². The lowest BCUT2D eigenvalue weighted by Crippen LogP contribution is -2.41. The van der Waals surface area contributed by atoms with Crippen molar-refractivity contribution in [2.75, 3.05) is 0 Å². The summed E-state index contributed by atoms with van der Waals surface area (Å²) in [6.45, 7) is 14.5. The fourth-order valence-electron chi connectivity index (χ4n) is 3.54. The van der Waals surface area contributed by atoms with Crippen LogP contribution in [0.25, 0.3) is 11.1 Å². The van der Waals surface area contributed by atoms with Crippen LogP contribution in [0.3, 0.4) is 0 Å². The van der Waals surface area contributed by atoms with E-state index in [4.69, 9.17) is 18.6 Å². The topological polar surface area (TPSA) is 36.9 Å². The number of hydrogen-bond acceptors (Lipinski definition) is 4. The first kappa shape index (κ1) is 20.7. The molecule has 0 radical (unpaired) electrons. The van der Waals surface area contributed by atoms with E-state index in [1.165, 1.54) is 0 Å². The number of benzene rings is 2. The zero-order valence-corrected chi connectivity index (χ0v) is 18.5.